The summed E-state index contributed by atoms with van der Waals surface area (Å²) in [6.07, 6.45) is 6.61. The lowest BCUT2D eigenvalue weighted by atomic mass is 10.0. The van der Waals surface area contributed by atoms with Crippen molar-refractivity contribution in [3.63, 3.8) is 0 Å². The maximum Gasteiger partial charge on any atom is 0.164 e. The fourth-order valence-corrected chi connectivity index (χ4v) is 4.31. The largest absolute Gasteiger partial charge is 0.349 e. The van der Waals surface area contributed by atoms with Crippen LogP contribution in [0.3, 0.4) is 0 Å². The van der Waals surface area contributed by atoms with Crippen molar-refractivity contribution in [3.8, 4) is 0 Å². The van der Waals surface area contributed by atoms with E-state index in [2.05, 4.69) is 39.2 Å². The predicted octanol–water partition coefficient (Wildman–Crippen LogP) is 4.42. The molecule has 7 heteroatoms. The van der Waals surface area contributed by atoms with Gasteiger partial charge in [0.25, 0.3) is 0 Å². The molecule has 1 aliphatic rings. The zero-order valence-electron chi connectivity index (χ0n) is 14.6. The van der Waals surface area contributed by atoms with Crippen molar-refractivity contribution in [2.45, 2.75) is 25.3 Å². The van der Waals surface area contributed by atoms with Crippen LogP contribution in [-0.2, 0) is 4.79 Å². The molecule has 0 radical (unpaired) electrons. The number of halogens is 2. The van der Waals surface area contributed by atoms with E-state index in [1.54, 1.807) is 16.8 Å². The number of hydrogen-bond acceptors (Lipinski definition) is 4. The van der Waals surface area contributed by atoms with E-state index in [-0.39, 0.29) is 18.3 Å². The average Bonchev–Trinajstić information content (AvgIpc) is 3.30. The van der Waals surface area contributed by atoms with Gasteiger partial charge in [-0.1, -0.05) is 6.58 Å². The molecule has 0 saturated carbocycles. The fraction of sp³-hybridized carbons (Fsp3) is 0.250. The maximum absolute atomic E-state index is 13.8. The number of nitrogens with zero attached hydrogens (tertiary/aromatic N) is 4. The van der Waals surface area contributed by atoms with Crippen LogP contribution in [-0.4, -0.2) is 27.4 Å². The highest BCUT2D eigenvalue weighted by Crippen LogP contribution is 2.37. The number of anilines is 1. The Bertz CT molecular complexity index is 1030. The molecular weight excluding hydrogens is 458 g/mol. The lowest BCUT2D eigenvalue weighted by Crippen LogP contribution is -2.24. The number of benzene rings is 1. The number of fused-ring (bicyclic) bond motifs is 1. The van der Waals surface area contributed by atoms with Gasteiger partial charge in [0.05, 0.1) is 12.2 Å². The average molecular weight is 476 g/mol. The minimum absolute atomic E-state index is 0.0899. The van der Waals surface area contributed by atoms with Crippen LogP contribution < -0.4 is 4.90 Å². The van der Waals surface area contributed by atoms with Gasteiger partial charge in [-0.2, -0.15) is 5.10 Å². The molecule has 3 aromatic rings. The molecule has 2 aromatic heterocycles. The SMILES string of the molecule is C=C(CC=O)c1cnn2ccc(N3CCC[C@@H]3c3cc(F)ccc3I)nc12. The second-order valence-electron chi connectivity index (χ2n) is 6.60. The molecule has 1 aliphatic heterocycles. The van der Waals surface area contributed by atoms with Crippen molar-refractivity contribution < 1.29 is 9.18 Å². The minimum Gasteiger partial charge on any atom is -0.349 e. The highest BCUT2D eigenvalue weighted by atomic mass is 127. The van der Waals surface area contributed by atoms with Crippen molar-refractivity contribution in [3.05, 3.63) is 63.8 Å². The lowest BCUT2D eigenvalue weighted by Gasteiger charge is -2.27. The first-order valence-corrected chi connectivity index (χ1v) is 9.84. The van der Waals surface area contributed by atoms with Gasteiger partial charge < -0.3 is 9.69 Å². The van der Waals surface area contributed by atoms with Crippen LogP contribution >= 0.6 is 22.6 Å². The number of hydrogen-bond donors (Lipinski definition) is 0. The Balaban J connectivity index is 1.74. The first-order chi connectivity index (χ1) is 13.1. The fourth-order valence-electron chi connectivity index (χ4n) is 3.61. The van der Waals surface area contributed by atoms with Gasteiger partial charge in [0.1, 0.15) is 17.9 Å². The number of carbonyl (C=O) groups is 1. The van der Waals surface area contributed by atoms with Gasteiger partial charge in [-0.25, -0.2) is 13.9 Å². The van der Waals surface area contributed by atoms with Crippen molar-refractivity contribution in [2.75, 3.05) is 11.4 Å². The van der Waals surface area contributed by atoms with E-state index in [4.69, 9.17) is 4.98 Å². The Morgan fingerprint density at radius 2 is 2.26 bits per heavy atom. The second-order valence-corrected chi connectivity index (χ2v) is 7.77. The summed E-state index contributed by atoms with van der Waals surface area (Å²) < 4.78 is 16.6. The predicted molar refractivity (Wildman–Crippen MR) is 111 cm³/mol. The molecule has 0 unspecified atom stereocenters. The van der Waals surface area contributed by atoms with Crippen LogP contribution in [0.1, 0.15) is 36.4 Å². The molecule has 27 heavy (non-hydrogen) atoms. The van der Waals surface area contributed by atoms with Gasteiger partial charge in [0.15, 0.2) is 5.65 Å². The van der Waals surface area contributed by atoms with Crippen molar-refractivity contribution in [2.24, 2.45) is 0 Å². The van der Waals surface area contributed by atoms with Crippen molar-refractivity contribution >= 4 is 45.9 Å². The summed E-state index contributed by atoms with van der Waals surface area (Å²) in [5, 5.41) is 4.30. The van der Waals surface area contributed by atoms with Crippen LogP contribution in [0.15, 0.2) is 43.2 Å². The summed E-state index contributed by atoms with van der Waals surface area (Å²) in [4.78, 5) is 17.9. The van der Waals surface area contributed by atoms with E-state index in [9.17, 15) is 9.18 Å². The molecule has 4 rings (SSSR count). The summed E-state index contributed by atoms with van der Waals surface area (Å²) in [6, 6.07) is 6.95. The molecule has 0 aliphatic carbocycles. The standard InChI is InChI=1S/C20H18FIN4O/c1-13(7-10-27)16-12-23-26-9-6-19(24-20(16)26)25-8-2-3-18(25)15-11-14(21)4-5-17(15)22/h4-6,9-12,18H,1-3,7-8H2/t18-/m1/s1. The Morgan fingerprint density at radius 1 is 1.41 bits per heavy atom. The van der Waals surface area contributed by atoms with Crippen molar-refractivity contribution in [1.29, 1.82) is 0 Å². The summed E-state index contributed by atoms with van der Waals surface area (Å²) >= 11 is 2.26. The molecule has 1 saturated heterocycles. The third kappa shape index (κ3) is 3.36. The first kappa shape index (κ1) is 18.1. The molecule has 1 aromatic carbocycles. The highest BCUT2D eigenvalue weighted by molar-refractivity contribution is 14.1. The van der Waals surface area contributed by atoms with E-state index in [1.165, 1.54) is 6.07 Å². The summed E-state index contributed by atoms with van der Waals surface area (Å²) in [5.74, 6) is 0.606. The Labute approximate surface area is 170 Å². The first-order valence-electron chi connectivity index (χ1n) is 8.76. The molecule has 3 heterocycles. The van der Waals surface area contributed by atoms with E-state index < -0.39 is 0 Å². The van der Waals surface area contributed by atoms with E-state index in [0.717, 1.165) is 46.2 Å². The van der Waals surface area contributed by atoms with Gasteiger partial charge in [0, 0.05) is 28.3 Å². The van der Waals surface area contributed by atoms with E-state index in [0.29, 0.717) is 11.2 Å². The molecule has 138 valence electrons. The third-order valence-corrected chi connectivity index (χ3v) is 5.91. The minimum atomic E-state index is -0.219. The number of carbonyl (C=O) groups excluding carboxylic acids is 1. The lowest BCUT2D eigenvalue weighted by molar-refractivity contribution is -0.107. The van der Waals surface area contributed by atoms with Gasteiger partial charge in [-0.3, -0.25) is 0 Å². The van der Waals surface area contributed by atoms with Gasteiger partial charge >= 0.3 is 0 Å². The molecule has 1 atom stereocenters. The van der Waals surface area contributed by atoms with Crippen molar-refractivity contribution in [1.82, 2.24) is 14.6 Å². The Morgan fingerprint density at radius 3 is 3.07 bits per heavy atom. The maximum atomic E-state index is 13.8. The van der Waals surface area contributed by atoms with Crippen LogP contribution in [0.2, 0.25) is 0 Å². The summed E-state index contributed by atoms with van der Waals surface area (Å²) in [6.45, 7) is 4.83. The highest BCUT2D eigenvalue weighted by Gasteiger charge is 2.29. The van der Waals surface area contributed by atoms with Crippen LogP contribution in [0, 0.1) is 9.39 Å². The van der Waals surface area contributed by atoms with Crippen LogP contribution in [0.5, 0.6) is 0 Å². The normalized spacial score (nSPS) is 16.8. The second kappa shape index (κ2) is 7.38. The zero-order chi connectivity index (χ0) is 19.0. The van der Waals surface area contributed by atoms with Gasteiger partial charge in [0.2, 0.25) is 0 Å². The molecule has 0 bridgehead atoms. The number of rotatable bonds is 5. The quantitative estimate of drug-likeness (QED) is 0.404. The van der Waals surface area contributed by atoms with E-state index in [1.807, 2.05) is 18.3 Å². The molecule has 0 spiro atoms. The number of aldehydes is 1. The van der Waals surface area contributed by atoms with E-state index >= 15 is 0 Å². The van der Waals surface area contributed by atoms with Crippen LogP contribution in [0.25, 0.3) is 11.2 Å². The van der Waals surface area contributed by atoms with Gasteiger partial charge in [-0.05, 0) is 70.8 Å². The van der Waals surface area contributed by atoms with Gasteiger partial charge in [-0.15, -0.1) is 0 Å². The molecule has 1 fully saturated rings. The summed E-state index contributed by atoms with van der Waals surface area (Å²) in [7, 11) is 0. The zero-order valence-corrected chi connectivity index (χ0v) is 16.8. The molecule has 5 nitrogen and oxygen atoms in total. The third-order valence-electron chi connectivity index (χ3n) is 4.93. The molecular formula is C20H18FIN4O. The monoisotopic (exact) mass is 476 g/mol. The Kier molecular flexibility index (Phi) is 4.94. The number of aromatic nitrogens is 3. The number of allylic oxidation sites excluding steroid dienone is 1. The Hall–Kier alpha value is -2.29. The topological polar surface area (TPSA) is 50.5 Å². The summed E-state index contributed by atoms with van der Waals surface area (Å²) in [5.41, 5.74) is 3.15. The van der Waals surface area contributed by atoms with Crippen LogP contribution in [0.4, 0.5) is 10.2 Å². The molecule has 0 amide bonds. The smallest absolute Gasteiger partial charge is 0.164 e. The molecule has 0 N–H and O–H groups in total.